The maximum absolute atomic E-state index is 6.02. The van der Waals surface area contributed by atoms with Gasteiger partial charge in [0.1, 0.15) is 0 Å². The summed E-state index contributed by atoms with van der Waals surface area (Å²) in [6.07, 6.45) is 0. The molecule has 0 fully saturated rings. The largest absolute Gasteiger partial charge is 0.315 e. The Morgan fingerprint density at radius 3 is 2.61 bits per heavy atom. The number of halogens is 1. The Bertz CT molecular complexity index is 352. The van der Waals surface area contributed by atoms with Gasteiger partial charge in [0.15, 0.2) is 0 Å². The zero-order chi connectivity index (χ0) is 13.5. The normalized spacial score (nSPS) is 13.3. The van der Waals surface area contributed by atoms with Gasteiger partial charge < -0.3 is 5.32 Å². The van der Waals surface area contributed by atoms with Crippen LogP contribution in [0.2, 0.25) is 5.02 Å². The van der Waals surface area contributed by atoms with Gasteiger partial charge in [-0.1, -0.05) is 37.6 Å². The number of hydrogen-bond acceptors (Lipinski definition) is 2. The zero-order valence-corrected chi connectivity index (χ0v) is 12.7. The fraction of sp³-hybridized carbons (Fsp3) is 0.600. The molecule has 0 aliphatic carbocycles. The van der Waals surface area contributed by atoms with Gasteiger partial charge in [0.25, 0.3) is 0 Å². The Kier molecular flexibility index (Phi) is 6.69. The Balaban J connectivity index is 2.39. The van der Waals surface area contributed by atoms with E-state index in [0.29, 0.717) is 12.0 Å². The second-order valence-electron chi connectivity index (χ2n) is 5.31. The first kappa shape index (κ1) is 15.5. The van der Waals surface area contributed by atoms with Gasteiger partial charge in [-0.05, 0) is 44.1 Å². The maximum atomic E-state index is 6.02. The van der Waals surface area contributed by atoms with Crippen LogP contribution in [0.4, 0.5) is 0 Å². The molecule has 1 atom stereocenters. The van der Waals surface area contributed by atoms with Gasteiger partial charge in [-0.2, -0.15) is 0 Å². The van der Waals surface area contributed by atoms with E-state index < -0.39 is 0 Å². The number of hydrogen-bond donors (Lipinski definition) is 1. The molecule has 0 radical (unpaired) electrons. The Morgan fingerprint density at radius 2 is 2.00 bits per heavy atom. The first-order valence-corrected chi connectivity index (χ1v) is 7.05. The highest BCUT2D eigenvalue weighted by Gasteiger charge is 2.11. The Morgan fingerprint density at radius 1 is 1.28 bits per heavy atom. The van der Waals surface area contributed by atoms with Crippen molar-refractivity contribution in [2.24, 2.45) is 5.92 Å². The quantitative estimate of drug-likeness (QED) is 0.761. The molecule has 3 heteroatoms. The molecule has 0 aliphatic rings. The van der Waals surface area contributed by atoms with Crippen molar-refractivity contribution in [2.75, 3.05) is 26.7 Å². The van der Waals surface area contributed by atoms with Crippen LogP contribution in [-0.4, -0.2) is 31.6 Å². The lowest BCUT2D eigenvalue weighted by Crippen LogP contribution is -2.32. The van der Waals surface area contributed by atoms with Crippen LogP contribution >= 0.6 is 11.6 Å². The Hall–Kier alpha value is -0.570. The molecule has 1 N–H and O–H groups in total. The summed E-state index contributed by atoms with van der Waals surface area (Å²) >= 11 is 6.02. The third-order valence-corrected chi connectivity index (χ3v) is 3.42. The van der Waals surface area contributed by atoms with E-state index >= 15 is 0 Å². The number of benzene rings is 1. The lowest BCUT2D eigenvalue weighted by Gasteiger charge is -2.25. The lowest BCUT2D eigenvalue weighted by molar-refractivity contribution is 0.260. The number of nitrogens with zero attached hydrogens (tertiary/aromatic N) is 1. The highest BCUT2D eigenvalue weighted by atomic mass is 35.5. The van der Waals surface area contributed by atoms with Crippen LogP contribution in [0.15, 0.2) is 24.3 Å². The van der Waals surface area contributed by atoms with E-state index in [0.717, 1.165) is 24.7 Å². The molecule has 0 aliphatic heterocycles. The van der Waals surface area contributed by atoms with Gasteiger partial charge in [-0.15, -0.1) is 0 Å². The predicted molar refractivity (Wildman–Crippen MR) is 80.2 cm³/mol. The molecule has 18 heavy (non-hydrogen) atoms. The van der Waals surface area contributed by atoms with E-state index in [-0.39, 0.29) is 0 Å². The average molecular weight is 269 g/mol. The number of nitrogens with one attached hydrogen (secondary N) is 1. The van der Waals surface area contributed by atoms with Crippen molar-refractivity contribution in [3.63, 3.8) is 0 Å². The summed E-state index contributed by atoms with van der Waals surface area (Å²) in [6, 6.07) is 8.50. The zero-order valence-electron chi connectivity index (χ0n) is 11.9. The molecule has 102 valence electrons. The van der Waals surface area contributed by atoms with Gasteiger partial charge in [0.05, 0.1) is 0 Å². The van der Waals surface area contributed by atoms with Crippen LogP contribution in [0.1, 0.15) is 32.4 Å². The molecule has 0 aromatic heterocycles. The number of likely N-dealkylation sites (N-methyl/N-ethyl adjacent to an activating group) is 1. The molecule has 2 nitrogen and oxygen atoms in total. The summed E-state index contributed by atoms with van der Waals surface area (Å²) in [4.78, 5) is 2.35. The molecule has 0 heterocycles. The van der Waals surface area contributed by atoms with Crippen LogP contribution in [0, 0.1) is 5.92 Å². The maximum Gasteiger partial charge on any atom is 0.0409 e. The van der Waals surface area contributed by atoms with Gasteiger partial charge in [0.2, 0.25) is 0 Å². The summed E-state index contributed by atoms with van der Waals surface area (Å²) < 4.78 is 0. The molecular formula is C15H25ClN2. The van der Waals surface area contributed by atoms with Crippen molar-refractivity contribution in [1.29, 1.82) is 0 Å². The molecule has 1 aromatic carbocycles. The van der Waals surface area contributed by atoms with Gasteiger partial charge in [-0.3, -0.25) is 4.90 Å². The van der Waals surface area contributed by atoms with Crippen molar-refractivity contribution < 1.29 is 0 Å². The molecule has 0 saturated heterocycles. The highest BCUT2D eigenvalue weighted by Crippen LogP contribution is 2.21. The van der Waals surface area contributed by atoms with E-state index in [1.807, 2.05) is 18.2 Å². The van der Waals surface area contributed by atoms with Crippen LogP contribution in [-0.2, 0) is 0 Å². The summed E-state index contributed by atoms with van der Waals surface area (Å²) in [6.45, 7) is 9.82. The molecule has 1 rings (SSSR count). The first-order chi connectivity index (χ1) is 8.50. The first-order valence-electron chi connectivity index (χ1n) is 6.67. The standard InChI is InChI=1S/C15H25ClN2/c1-12(2)11-17-8-9-18(4)13(3)14-6-5-7-15(16)10-14/h5-7,10,12-13,17H,8-9,11H2,1-4H3. The van der Waals surface area contributed by atoms with Gasteiger partial charge in [-0.25, -0.2) is 0 Å². The fourth-order valence-electron chi connectivity index (χ4n) is 1.86. The topological polar surface area (TPSA) is 15.3 Å². The lowest BCUT2D eigenvalue weighted by atomic mass is 10.1. The van der Waals surface area contributed by atoms with E-state index in [1.54, 1.807) is 0 Å². The van der Waals surface area contributed by atoms with E-state index in [1.165, 1.54) is 5.56 Å². The molecular weight excluding hydrogens is 244 g/mol. The molecule has 0 amide bonds. The number of rotatable bonds is 7. The van der Waals surface area contributed by atoms with Crippen LogP contribution in [0.3, 0.4) is 0 Å². The van der Waals surface area contributed by atoms with Crippen molar-refractivity contribution >= 4 is 11.6 Å². The molecule has 0 spiro atoms. The second-order valence-corrected chi connectivity index (χ2v) is 5.75. The van der Waals surface area contributed by atoms with E-state index in [9.17, 15) is 0 Å². The van der Waals surface area contributed by atoms with Crippen LogP contribution < -0.4 is 5.32 Å². The smallest absolute Gasteiger partial charge is 0.0409 e. The van der Waals surface area contributed by atoms with Crippen molar-refractivity contribution in [2.45, 2.75) is 26.8 Å². The van der Waals surface area contributed by atoms with Gasteiger partial charge in [0, 0.05) is 24.2 Å². The molecule has 1 aromatic rings. The van der Waals surface area contributed by atoms with Gasteiger partial charge >= 0.3 is 0 Å². The molecule has 1 unspecified atom stereocenters. The van der Waals surface area contributed by atoms with Crippen LogP contribution in [0.25, 0.3) is 0 Å². The van der Waals surface area contributed by atoms with Crippen molar-refractivity contribution in [1.82, 2.24) is 10.2 Å². The predicted octanol–water partition coefficient (Wildman–Crippen LogP) is 3.58. The summed E-state index contributed by atoms with van der Waals surface area (Å²) in [5, 5.41) is 4.28. The third kappa shape index (κ3) is 5.38. The second kappa shape index (κ2) is 7.78. The molecule has 0 saturated carbocycles. The summed E-state index contributed by atoms with van der Waals surface area (Å²) in [5.41, 5.74) is 1.27. The van der Waals surface area contributed by atoms with Crippen molar-refractivity contribution in [3.05, 3.63) is 34.9 Å². The van der Waals surface area contributed by atoms with Crippen molar-refractivity contribution in [3.8, 4) is 0 Å². The Labute approximate surface area is 116 Å². The average Bonchev–Trinajstić information content (AvgIpc) is 2.33. The highest BCUT2D eigenvalue weighted by molar-refractivity contribution is 6.30. The third-order valence-electron chi connectivity index (χ3n) is 3.19. The minimum absolute atomic E-state index is 0.393. The minimum atomic E-state index is 0.393. The summed E-state index contributed by atoms with van der Waals surface area (Å²) in [5.74, 6) is 0.709. The van der Waals surface area contributed by atoms with Crippen LogP contribution in [0.5, 0.6) is 0 Å². The molecule has 0 bridgehead atoms. The SMILES string of the molecule is CC(C)CNCCN(C)C(C)c1cccc(Cl)c1. The van der Waals surface area contributed by atoms with E-state index in [2.05, 4.69) is 44.1 Å². The fourth-order valence-corrected chi connectivity index (χ4v) is 2.06. The monoisotopic (exact) mass is 268 g/mol. The minimum Gasteiger partial charge on any atom is -0.315 e. The van der Waals surface area contributed by atoms with E-state index in [4.69, 9.17) is 11.6 Å². The summed E-state index contributed by atoms with van der Waals surface area (Å²) in [7, 11) is 2.16.